The highest BCUT2D eigenvalue weighted by Gasteiger charge is 2.72. The number of carboxylic acids is 1. The number of nitrogens with zero attached hydrogens (tertiary/aromatic N) is 1. The zero-order valence-electron chi connectivity index (χ0n) is 6.99. The van der Waals surface area contributed by atoms with Crippen molar-refractivity contribution in [3.05, 3.63) is 0 Å². The van der Waals surface area contributed by atoms with Crippen LogP contribution < -0.4 is 5.32 Å². The number of aliphatic carboxylic acids is 1. The summed E-state index contributed by atoms with van der Waals surface area (Å²) in [6, 6.07) is 0. The summed E-state index contributed by atoms with van der Waals surface area (Å²) in [7, 11) is 1.61. The lowest BCUT2D eigenvalue weighted by Gasteiger charge is -2.07. The highest BCUT2D eigenvalue weighted by atomic mass is 16.5. The quantitative estimate of drug-likeness (QED) is 0.625. The summed E-state index contributed by atoms with van der Waals surface area (Å²) >= 11 is 0. The van der Waals surface area contributed by atoms with Crippen LogP contribution in [0.4, 0.5) is 0 Å². The lowest BCUT2D eigenvalue weighted by atomic mass is 10.1. The Bertz CT molecular complexity index is 218. The highest BCUT2D eigenvalue weighted by Crippen LogP contribution is 2.61. The Labute approximate surface area is 70.9 Å². The van der Waals surface area contributed by atoms with Gasteiger partial charge < -0.3 is 9.84 Å². The number of fused-ring (bicyclic) bond motifs is 1. The number of carboxylic acid groups (broad SMARTS) is 1. The molecular weight excluding hydrogens is 158 g/mol. The van der Waals surface area contributed by atoms with Gasteiger partial charge in [0.1, 0.15) is 0 Å². The van der Waals surface area contributed by atoms with Crippen molar-refractivity contribution in [2.24, 2.45) is 17.3 Å². The Morgan fingerprint density at radius 2 is 2.58 bits per heavy atom. The van der Waals surface area contributed by atoms with Crippen molar-refractivity contribution in [3.63, 3.8) is 0 Å². The van der Waals surface area contributed by atoms with E-state index in [9.17, 15) is 4.79 Å². The molecule has 2 aliphatic rings. The number of rotatable bonds is 3. The number of hydrogen-bond donors (Lipinski definition) is 1. The molecule has 67 valence electrons. The molecule has 0 aromatic heterocycles. The van der Waals surface area contributed by atoms with Gasteiger partial charge in [-0.3, -0.25) is 4.79 Å². The molecule has 4 heteroatoms. The Morgan fingerprint density at radius 3 is 3.08 bits per heavy atom. The van der Waals surface area contributed by atoms with Crippen LogP contribution in [-0.4, -0.2) is 37.9 Å². The van der Waals surface area contributed by atoms with E-state index in [0.717, 1.165) is 0 Å². The first-order valence-electron chi connectivity index (χ1n) is 4.09. The Morgan fingerprint density at radius 1 is 1.83 bits per heavy atom. The van der Waals surface area contributed by atoms with E-state index >= 15 is 0 Å². The summed E-state index contributed by atoms with van der Waals surface area (Å²) in [6.45, 7) is 1.76. The van der Waals surface area contributed by atoms with Crippen LogP contribution in [-0.2, 0) is 9.53 Å². The average molecular weight is 170 g/mol. The van der Waals surface area contributed by atoms with E-state index < -0.39 is 11.4 Å². The fourth-order valence-corrected chi connectivity index (χ4v) is 2.35. The van der Waals surface area contributed by atoms with E-state index in [1.54, 1.807) is 7.11 Å². The summed E-state index contributed by atoms with van der Waals surface area (Å²) in [6.07, 6.45) is 0. The molecule has 1 saturated heterocycles. The monoisotopic (exact) mass is 170 g/mol. The van der Waals surface area contributed by atoms with Gasteiger partial charge in [0, 0.05) is 26.1 Å². The second kappa shape index (κ2) is 2.44. The number of carbonyl (C=O) groups is 1. The fourth-order valence-electron chi connectivity index (χ4n) is 2.35. The van der Waals surface area contributed by atoms with Crippen molar-refractivity contribution in [1.82, 2.24) is 5.32 Å². The third kappa shape index (κ3) is 0.765. The maximum absolute atomic E-state index is 10.9. The normalized spacial score (nSPS) is 44.1. The van der Waals surface area contributed by atoms with Crippen molar-refractivity contribution in [3.8, 4) is 0 Å². The molecule has 12 heavy (non-hydrogen) atoms. The molecule has 1 aliphatic carbocycles. The van der Waals surface area contributed by atoms with Crippen molar-refractivity contribution in [2.75, 3.05) is 26.8 Å². The van der Waals surface area contributed by atoms with Crippen LogP contribution >= 0.6 is 0 Å². The second-order valence-electron chi connectivity index (χ2n) is 3.58. The Balaban J connectivity index is 2.09. The molecular formula is C8H12NO3. The average Bonchev–Trinajstić information content (AvgIpc) is 2.48. The molecule has 1 N–H and O–H groups in total. The third-order valence-corrected chi connectivity index (χ3v) is 3.14. The molecule has 2 fully saturated rings. The summed E-state index contributed by atoms with van der Waals surface area (Å²) < 4.78 is 4.97. The van der Waals surface area contributed by atoms with Crippen molar-refractivity contribution >= 4 is 5.97 Å². The van der Waals surface area contributed by atoms with Gasteiger partial charge in [-0.15, -0.1) is 0 Å². The predicted molar refractivity (Wildman–Crippen MR) is 40.8 cm³/mol. The molecule has 1 radical (unpaired) electrons. The molecule has 3 atom stereocenters. The molecule has 0 bridgehead atoms. The van der Waals surface area contributed by atoms with Crippen molar-refractivity contribution < 1.29 is 14.6 Å². The summed E-state index contributed by atoms with van der Waals surface area (Å²) in [4.78, 5) is 10.9. The molecule has 0 amide bonds. The first-order chi connectivity index (χ1) is 5.73. The summed E-state index contributed by atoms with van der Waals surface area (Å²) in [5, 5.41) is 13.1. The molecule has 3 unspecified atom stereocenters. The van der Waals surface area contributed by atoms with Gasteiger partial charge in [-0.05, 0) is 5.92 Å². The smallest absolute Gasteiger partial charge is 0.311 e. The third-order valence-electron chi connectivity index (χ3n) is 3.14. The molecule has 0 aromatic carbocycles. The fraction of sp³-hybridized carbons (Fsp3) is 0.875. The predicted octanol–water partition coefficient (Wildman–Crippen LogP) is -0.432. The van der Waals surface area contributed by atoms with Crippen LogP contribution in [0.3, 0.4) is 0 Å². The molecule has 0 aromatic rings. The lowest BCUT2D eigenvalue weighted by molar-refractivity contribution is -0.144. The van der Waals surface area contributed by atoms with Crippen LogP contribution in [0.5, 0.6) is 0 Å². The number of hydrogen-bond acceptors (Lipinski definition) is 2. The number of ether oxygens (including phenoxy) is 1. The van der Waals surface area contributed by atoms with Crippen molar-refractivity contribution in [1.29, 1.82) is 0 Å². The van der Waals surface area contributed by atoms with Crippen LogP contribution in [0.25, 0.3) is 0 Å². The Hall–Kier alpha value is -0.610. The molecule has 1 aliphatic heterocycles. The highest BCUT2D eigenvalue weighted by molar-refractivity contribution is 5.80. The minimum Gasteiger partial charge on any atom is -0.481 e. The second-order valence-corrected chi connectivity index (χ2v) is 3.58. The zero-order chi connectivity index (χ0) is 8.77. The maximum Gasteiger partial charge on any atom is 0.311 e. The molecule has 2 rings (SSSR count). The summed E-state index contributed by atoms with van der Waals surface area (Å²) in [5.74, 6) is -0.247. The van der Waals surface area contributed by atoms with Gasteiger partial charge in [0.15, 0.2) is 0 Å². The minimum absolute atomic E-state index is 0.206. The van der Waals surface area contributed by atoms with E-state index in [1.807, 2.05) is 0 Å². The summed E-state index contributed by atoms with van der Waals surface area (Å²) in [5.41, 5.74) is -0.546. The van der Waals surface area contributed by atoms with Gasteiger partial charge in [-0.25, -0.2) is 5.32 Å². The molecule has 4 nitrogen and oxygen atoms in total. The van der Waals surface area contributed by atoms with E-state index in [-0.39, 0.29) is 11.8 Å². The van der Waals surface area contributed by atoms with Gasteiger partial charge in [0.25, 0.3) is 0 Å². The van der Waals surface area contributed by atoms with Gasteiger partial charge in [0.2, 0.25) is 0 Å². The van der Waals surface area contributed by atoms with E-state index in [0.29, 0.717) is 19.7 Å². The van der Waals surface area contributed by atoms with Crippen molar-refractivity contribution in [2.45, 2.75) is 0 Å². The number of piperidine rings is 1. The van der Waals surface area contributed by atoms with Crippen LogP contribution in [0.2, 0.25) is 0 Å². The van der Waals surface area contributed by atoms with E-state index in [4.69, 9.17) is 9.84 Å². The Kier molecular flexibility index (Phi) is 1.63. The van der Waals surface area contributed by atoms with E-state index in [2.05, 4.69) is 5.32 Å². The van der Waals surface area contributed by atoms with E-state index in [1.165, 1.54) is 0 Å². The first-order valence-corrected chi connectivity index (χ1v) is 4.09. The SMILES string of the molecule is COCC1C2C[N]CC21C(=O)O. The standard InChI is InChI=1S/C8H12NO3/c1-12-3-6-5-2-9-4-8(5,6)7(10)11/h5-6H,2-4H2,1H3,(H,10,11). The topological polar surface area (TPSA) is 60.6 Å². The minimum atomic E-state index is -0.698. The number of methoxy groups -OCH3 is 1. The van der Waals surface area contributed by atoms with Crippen LogP contribution in [0, 0.1) is 17.3 Å². The maximum atomic E-state index is 10.9. The lowest BCUT2D eigenvalue weighted by Crippen LogP contribution is -2.25. The van der Waals surface area contributed by atoms with Crippen LogP contribution in [0.15, 0.2) is 0 Å². The van der Waals surface area contributed by atoms with Gasteiger partial charge in [0.05, 0.1) is 12.0 Å². The van der Waals surface area contributed by atoms with Gasteiger partial charge in [-0.2, -0.15) is 0 Å². The largest absolute Gasteiger partial charge is 0.481 e. The van der Waals surface area contributed by atoms with Gasteiger partial charge in [-0.1, -0.05) is 0 Å². The van der Waals surface area contributed by atoms with Crippen LogP contribution in [0.1, 0.15) is 0 Å². The molecule has 0 spiro atoms. The van der Waals surface area contributed by atoms with Gasteiger partial charge >= 0.3 is 5.97 Å². The first kappa shape index (κ1) is 8.01. The molecule has 1 saturated carbocycles. The zero-order valence-corrected chi connectivity index (χ0v) is 6.99. The molecule has 1 heterocycles.